The number of imide groups is 2. The first-order valence-electron chi connectivity index (χ1n) is 9.06. The summed E-state index contributed by atoms with van der Waals surface area (Å²) in [6.07, 6.45) is -0.758. The van der Waals surface area contributed by atoms with E-state index < -0.39 is 63.4 Å². The Hall–Kier alpha value is -2.38. The maximum Gasteiger partial charge on any atom is 0.336 e. The number of hydrogen-bond acceptors (Lipinski definition) is 9. The molecule has 12 nitrogen and oxygen atoms in total. The van der Waals surface area contributed by atoms with Gasteiger partial charge in [-0.15, -0.1) is 5.06 Å². The van der Waals surface area contributed by atoms with Crippen LogP contribution in [-0.2, 0) is 38.9 Å². The average Bonchev–Trinajstić information content (AvgIpc) is 3.06. The SMILES string of the molecule is O=C(ON1C(=O)CC(S(=O)(=O)O)C1=O)C1CCC(CN2C(=O)CC(O)C2=O)CC1. The normalized spacial score (nSPS) is 31.0. The molecule has 29 heavy (non-hydrogen) atoms. The Morgan fingerprint density at radius 1 is 1.00 bits per heavy atom. The van der Waals surface area contributed by atoms with Gasteiger partial charge in [-0.2, -0.15) is 8.42 Å². The Balaban J connectivity index is 1.52. The Morgan fingerprint density at radius 3 is 2.10 bits per heavy atom. The van der Waals surface area contributed by atoms with Crippen LogP contribution in [-0.4, -0.2) is 75.5 Å². The monoisotopic (exact) mass is 432 g/mol. The van der Waals surface area contributed by atoms with Gasteiger partial charge in [0.25, 0.3) is 27.8 Å². The third-order valence-corrected chi connectivity index (χ3v) is 6.53. The second-order valence-electron chi connectivity index (χ2n) is 7.42. The summed E-state index contributed by atoms with van der Waals surface area (Å²) in [5.74, 6) is -5.00. The molecule has 1 saturated carbocycles. The summed E-state index contributed by atoms with van der Waals surface area (Å²) in [7, 11) is -4.79. The molecule has 3 aliphatic rings. The highest BCUT2D eigenvalue weighted by Crippen LogP contribution is 2.32. The molecule has 2 saturated heterocycles. The van der Waals surface area contributed by atoms with E-state index in [1.54, 1.807) is 0 Å². The predicted octanol–water partition coefficient (Wildman–Crippen LogP) is -1.61. The van der Waals surface area contributed by atoms with Crippen LogP contribution in [0, 0.1) is 11.8 Å². The molecular formula is C16H20N2O10S. The topological polar surface area (TPSA) is 176 Å². The highest BCUT2D eigenvalue weighted by atomic mass is 32.2. The smallest absolute Gasteiger partial charge is 0.336 e. The van der Waals surface area contributed by atoms with Gasteiger partial charge < -0.3 is 9.94 Å². The van der Waals surface area contributed by atoms with Crippen molar-refractivity contribution in [2.24, 2.45) is 11.8 Å². The Labute approximate surface area is 165 Å². The number of hydroxylamine groups is 2. The van der Waals surface area contributed by atoms with E-state index in [0.717, 1.165) is 4.90 Å². The van der Waals surface area contributed by atoms with Crippen LogP contribution in [0.15, 0.2) is 0 Å². The van der Waals surface area contributed by atoms with E-state index in [0.29, 0.717) is 25.7 Å². The molecule has 4 amide bonds. The van der Waals surface area contributed by atoms with Crippen molar-refractivity contribution in [3.8, 4) is 0 Å². The molecule has 0 spiro atoms. The van der Waals surface area contributed by atoms with Crippen LogP contribution in [0.4, 0.5) is 0 Å². The van der Waals surface area contributed by atoms with Gasteiger partial charge in [-0.05, 0) is 31.6 Å². The summed E-state index contributed by atoms with van der Waals surface area (Å²) < 4.78 is 31.2. The van der Waals surface area contributed by atoms with Crippen LogP contribution in [0.2, 0.25) is 0 Å². The lowest BCUT2D eigenvalue weighted by atomic mass is 9.82. The lowest BCUT2D eigenvalue weighted by molar-refractivity contribution is -0.201. The standard InChI is InChI=1S/C16H20N2O10S/c19-10-5-12(20)17(14(10)22)7-8-1-3-9(4-2-8)16(24)28-18-13(21)6-11(15(18)23)29(25,26)27/h8-11,19H,1-7H2,(H,25,26,27). The number of carbonyl (C=O) groups is 5. The highest BCUT2D eigenvalue weighted by molar-refractivity contribution is 7.87. The van der Waals surface area contributed by atoms with E-state index in [1.165, 1.54) is 0 Å². The van der Waals surface area contributed by atoms with Gasteiger partial charge in [0.1, 0.15) is 6.10 Å². The minimum Gasteiger partial charge on any atom is -0.383 e. The molecule has 2 unspecified atom stereocenters. The van der Waals surface area contributed by atoms with E-state index in [-0.39, 0.29) is 23.9 Å². The molecule has 0 aromatic carbocycles. The van der Waals surface area contributed by atoms with E-state index in [2.05, 4.69) is 0 Å². The quantitative estimate of drug-likeness (QED) is 0.379. The molecule has 13 heteroatoms. The molecule has 2 heterocycles. The molecule has 160 valence electrons. The van der Waals surface area contributed by atoms with Gasteiger partial charge in [0.05, 0.1) is 18.8 Å². The average molecular weight is 432 g/mol. The number of amides is 4. The molecule has 2 N–H and O–H groups in total. The lowest BCUT2D eigenvalue weighted by Crippen LogP contribution is -2.40. The fourth-order valence-electron chi connectivity index (χ4n) is 3.77. The third-order valence-electron chi connectivity index (χ3n) is 5.44. The fraction of sp³-hybridized carbons (Fsp3) is 0.688. The van der Waals surface area contributed by atoms with Gasteiger partial charge in [-0.25, -0.2) is 4.79 Å². The molecule has 3 rings (SSSR count). The van der Waals surface area contributed by atoms with Crippen molar-refractivity contribution < 1.29 is 46.9 Å². The van der Waals surface area contributed by atoms with Crippen LogP contribution in [0.5, 0.6) is 0 Å². The second kappa shape index (κ2) is 7.80. The zero-order valence-corrected chi connectivity index (χ0v) is 16.0. The minimum absolute atomic E-state index is 0.0591. The molecule has 3 fully saturated rings. The first-order valence-corrected chi connectivity index (χ1v) is 10.6. The summed E-state index contributed by atoms with van der Waals surface area (Å²) in [6.45, 7) is 0.148. The summed E-state index contributed by atoms with van der Waals surface area (Å²) in [6, 6.07) is 0. The van der Waals surface area contributed by atoms with Crippen LogP contribution in [0.1, 0.15) is 38.5 Å². The molecule has 2 aliphatic heterocycles. The van der Waals surface area contributed by atoms with Gasteiger partial charge >= 0.3 is 5.97 Å². The zero-order valence-electron chi connectivity index (χ0n) is 15.2. The van der Waals surface area contributed by atoms with Crippen molar-refractivity contribution >= 4 is 39.7 Å². The first-order chi connectivity index (χ1) is 13.5. The van der Waals surface area contributed by atoms with E-state index >= 15 is 0 Å². The zero-order chi connectivity index (χ0) is 21.5. The van der Waals surface area contributed by atoms with Crippen LogP contribution < -0.4 is 0 Å². The van der Waals surface area contributed by atoms with Gasteiger partial charge in [0, 0.05) is 6.54 Å². The first kappa shape index (κ1) is 21.3. The second-order valence-corrected chi connectivity index (χ2v) is 9.02. The number of nitrogens with zero attached hydrogens (tertiary/aromatic N) is 2. The number of likely N-dealkylation sites (tertiary alicyclic amines) is 1. The van der Waals surface area contributed by atoms with Gasteiger partial charge in [-0.3, -0.25) is 28.6 Å². The van der Waals surface area contributed by atoms with Crippen molar-refractivity contribution in [2.75, 3.05) is 6.54 Å². The molecule has 2 atom stereocenters. The maximum atomic E-state index is 12.3. The third kappa shape index (κ3) is 4.31. The number of carbonyl (C=O) groups excluding carboxylic acids is 5. The largest absolute Gasteiger partial charge is 0.383 e. The van der Waals surface area contributed by atoms with Crippen LogP contribution in [0.3, 0.4) is 0 Å². The predicted molar refractivity (Wildman–Crippen MR) is 90.7 cm³/mol. The van der Waals surface area contributed by atoms with Crippen molar-refractivity contribution in [1.82, 2.24) is 9.96 Å². The van der Waals surface area contributed by atoms with Crippen molar-refractivity contribution in [2.45, 2.75) is 49.9 Å². The van der Waals surface area contributed by atoms with Gasteiger partial charge in [0.2, 0.25) is 5.91 Å². The summed E-state index contributed by atoms with van der Waals surface area (Å²) in [5.41, 5.74) is 0. The Bertz CT molecular complexity index is 861. The van der Waals surface area contributed by atoms with Crippen LogP contribution in [0.25, 0.3) is 0 Å². The Kier molecular flexibility index (Phi) is 5.74. The molecule has 0 radical (unpaired) electrons. The molecular weight excluding hydrogens is 412 g/mol. The lowest BCUT2D eigenvalue weighted by Gasteiger charge is -2.29. The van der Waals surface area contributed by atoms with Crippen molar-refractivity contribution in [3.05, 3.63) is 0 Å². The van der Waals surface area contributed by atoms with Gasteiger partial charge in [-0.1, -0.05) is 0 Å². The molecule has 0 aromatic heterocycles. The van der Waals surface area contributed by atoms with Crippen molar-refractivity contribution in [3.63, 3.8) is 0 Å². The number of rotatable bonds is 5. The molecule has 1 aliphatic carbocycles. The molecule has 0 aromatic rings. The van der Waals surface area contributed by atoms with E-state index in [1.807, 2.05) is 0 Å². The Morgan fingerprint density at radius 2 is 1.62 bits per heavy atom. The summed E-state index contributed by atoms with van der Waals surface area (Å²) in [4.78, 5) is 65.2. The van der Waals surface area contributed by atoms with E-state index in [9.17, 15) is 37.5 Å². The summed E-state index contributed by atoms with van der Waals surface area (Å²) >= 11 is 0. The maximum absolute atomic E-state index is 12.3. The van der Waals surface area contributed by atoms with Crippen LogP contribution >= 0.6 is 0 Å². The highest BCUT2D eigenvalue weighted by Gasteiger charge is 2.49. The number of aliphatic hydroxyl groups is 1. The van der Waals surface area contributed by atoms with Gasteiger partial charge in [0.15, 0.2) is 5.25 Å². The van der Waals surface area contributed by atoms with Crippen molar-refractivity contribution in [1.29, 1.82) is 0 Å². The fourth-order valence-corrected chi connectivity index (χ4v) is 4.48. The summed E-state index contributed by atoms with van der Waals surface area (Å²) in [5, 5.41) is 7.54. The molecule has 0 bridgehead atoms. The number of hydrogen-bond donors (Lipinski definition) is 2. The van der Waals surface area contributed by atoms with E-state index in [4.69, 9.17) is 9.39 Å². The minimum atomic E-state index is -4.79. The number of aliphatic hydroxyl groups excluding tert-OH is 1.